The van der Waals surface area contributed by atoms with Gasteiger partial charge in [-0.2, -0.15) is 0 Å². The Labute approximate surface area is 302 Å². The molecule has 52 heavy (non-hydrogen) atoms. The van der Waals surface area contributed by atoms with Gasteiger partial charge in [-0.1, -0.05) is 6.07 Å². The van der Waals surface area contributed by atoms with Gasteiger partial charge < -0.3 is 19.5 Å². The summed E-state index contributed by atoms with van der Waals surface area (Å²) in [6.07, 6.45) is 10.6. The first-order chi connectivity index (χ1) is 25.2. The topological polar surface area (TPSA) is 109 Å². The van der Waals surface area contributed by atoms with Crippen LogP contribution in [0.25, 0.3) is 21.9 Å². The number of carbonyl (C=O) groups is 2. The molecule has 1 unspecified atom stereocenters. The van der Waals surface area contributed by atoms with E-state index in [0.717, 1.165) is 81.3 Å². The number of amides is 2. The highest BCUT2D eigenvalue weighted by Crippen LogP contribution is 2.35. The smallest absolute Gasteiger partial charge is 0.259 e. The number of halogens is 2. The highest BCUT2D eigenvalue weighted by atomic mass is 19.1. The lowest BCUT2D eigenvalue weighted by molar-refractivity contribution is -0.133. The molecule has 274 valence electrons. The van der Waals surface area contributed by atoms with E-state index in [1.54, 1.807) is 44.9 Å². The number of fused-ring (bicyclic) bond motifs is 1. The van der Waals surface area contributed by atoms with Crippen LogP contribution in [-0.2, 0) is 23.2 Å². The fraction of sp³-hybridized carbons (Fsp3) is 0.450. The first-order valence-corrected chi connectivity index (χ1v) is 18.3. The van der Waals surface area contributed by atoms with Crippen LogP contribution in [0, 0.1) is 17.6 Å². The number of rotatable bonds is 10. The van der Waals surface area contributed by atoms with Crippen molar-refractivity contribution >= 4 is 28.3 Å². The summed E-state index contributed by atoms with van der Waals surface area (Å²) in [5.41, 5.74) is 3.06. The molecular weight excluding hydrogens is 666 g/mol. The average molecular weight is 713 g/mol. The van der Waals surface area contributed by atoms with Gasteiger partial charge >= 0.3 is 0 Å². The number of anilines is 1. The molecule has 7 rings (SSSR count). The van der Waals surface area contributed by atoms with Gasteiger partial charge in [-0.3, -0.25) is 29.6 Å². The van der Waals surface area contributed by atoms with E-state index in [1.165, 1.54) is 10.6 Å². The molecule has 10 nitrogen and oxygen atoms in total. The Bertz CT molecular complexity index is 2020. The number of nitrogens with zero attached hydrogens (tertiary/aromatic N) is 4. The van der Waals surface area contributed by atoms with E-state index in [1.807, 2.05) is 18.2 Å². The predicted octanol–water partition coefficient (Wildman–Crippen LogP) is 5.59. The number of hydrogen-bond acceptors (Lipinski definition) is 8. The van der Waals surface area contributed by atoms with E-state index < -0.39 is 6.04 Å². The van der Waals surface area contributed by atoms with Crippen molar-refractivity contribution < 1.29 is 23.1 Å². The fourth-order valence-corrected chi connectivity index (χ4v) is 8.11. The number of imide groups is 1. The first-order valence-electron chi connectivity index (χ1n) is 18.3. The molecular formula is C40H46F2N6O4. The Morgan fingerprint density at radius 1 is 0.923 bits per heavy atom. The maximum absolute atomic E-state index is 15.8. The third-order valence-corrected chi connectivity index (χ3v) is 11.2. The zero-order chi connectivity index (χ0) is 36.4. The molecule has 2 amide bonds. The summed E-state index contributed by atoms with van der Waals surface area (Å²) in [7, 11) is 3.25. The van der Waals surface area contributed by atoms with Gasteiger partial charge in [0.15, 0.2) is 0 Å². The van der Waals surface area contributed by atoms with Crippen molar-refractivity contribution in [1.29, 1.82) is 0 Å². The third-order valence-electron chi connectivity index (χ3n) is 11.2. The number of likely N-dealkylation sites (tertiary alicyclic amines) is 2. The van der Waals surface area contributed by atoms with Crippen molar-refractivity contribution in [3.8, 4) is 16.9 Å². The number of benzene rings is 2. The predicted molar refractivity (Wildman–Crippen MR) is 196 cm³/mol. The SMILES string of the molecule is COc1cc(-c2cn(C)c(=O)c3cnccc23)cc(F)c1CN1CCC(CCN2CCC(c3ccc(NC4CCC(=O)NC4=O)cc3F)CC2)CC1. The van der Waals surface area contributed by atoms with Gasteiger partial charge in [0.25, 0.3) is 5.56 Å². The van der Waals surface area contributed by atoms with Crippen molar-refractivity contribution in [3.05, 3.63) is 88.1 Å². The molecule has 0 bridgehead atoms. The minimum Gasteiger partial charge on any atom is -0.496 e. The van der Waals surface area contributed by atoms with Crippen LogP contribution in [-0.4, -0.2) is 77.0 Å². The van der Waals surface area contributed by atoms with E-state index >= 15 is 8.78 Å². The number of nitrogens with one attached hydrogen (secondary N) is 2. The minimum atomic E-state index is -0.539. The number of hydrogen-bond donors (Lipinski definition) is 2. The number of ether oxygens (including phenoxy) is 1. The summed E-state index contributed by atoms with van der Waals surface area (Å²) >= 11 is 0. The largest absolute Gasteiger partial charge is 0.496 e. The molecule has 0 saturated carbocycles. The van der Waals surface area contributed by atoms with E-state index in [-0.39, 0.29) is 41.3 Å². The van der Waals surface area contributed by atoms with Crippen molar-refractivity contribution in [2.24, 2.45) is 13.0 Å². The molecule has 1 atom stereocenters. The maximum Gasteiger partial charge on any atom is 0.259 e. The lowest BCUT2D eigenvalue weighted by atomic mass is 9.88. The van der Waals surface area contributed by atoms with Gasteiger partial charge in [0.1, 0.15) is 23.4 Å². The second-order valence-electron chi connectivity index (χ2n) is 14.5. The molecule has 12 heteroatoms. The van der Waals surface area contributed by atoms with Crippen LogP contribution in [0.15, 0.2) is 59.8 Å². The van der Waals surface area contributed by atoms with Gasteiger partial charge in [-0.15, -0.1) is 0 Å². The molecule has 4 aromatic rings. The van der Waals surface area contributed by atoms with Crippen LogP contribution >= 0.6 is 0 Å². The molecule has 2 N–H and O–H groups in total. The number of carbonyl (C=O) groups excluding carboxylic acids is 2. The van der Waals surface area contributed by atoms with Crippen molar-refractivity contribution in [1.82, 2.24) is 24.7 Å². The summed E-state index contributed by atoms with van der Waals surface area (Å²) in [5, 5.41) is 6.60. The molecule has 0 spiro atoms. The average Bonchev–Trinajstić information content (AvgIpc) is 3.15. The van der Waals surface area contributed by atoms with Crippen LogP contribution in [0.5, 0.6) is 5.75 Å². The van der Waals surface area contributed by atoms with Crippen LogP contribution in [0.1, 0.15) is 62.0 Å². The number of pyridine rings is 2. The van der Waals surface area contributed by atoms with E-state index in [4.69, 9.17) is 4.74 Å². The minimum absolute atomic E-state index is 0.150. The molecule has 3 aliphatic rings. The third kappa shape index (κ3) is 7.73. The van der Waals surface area contributed by atoms with Crippen LogP contribution in [0.4, 0.5) is 14.5 Å². The number of methoxy groups -OCH3 is 1. The number of aryl methyl sites for hydroxylation is 1. The Morgan fingerprint density at radius 2 is 1.69 bits per heavy atom. The van der Waals surface area contributed by atoms with E-state index in [0.29, 0.717) is 46.8 Å². The maximum atomic E-state index is 15.8. The normalized spacial score (nSPS) is 19.6. The Balaban J connectivity index is 0.883. The fourth-order valence-electron chi connectivity index (χ4n) is 8.11. The van der Waals surface area contributed by atoms with Crippen molar-refractivity contribution in [2.45, 2.75) is 63.5 Å². The van der Waals surface area contributed by atoms with E-state index in [2.05, 4.69) is 25.4 Å². The van der Waals surface area contributed by atoms with Crippen molar-refractivity contribution in [3.63, 3.8) is 0 Å². The lowest BCUT2D eigenvalue weighted by Crippen LogP contribution is -2.47. The van der Waals surface area contributed by atoms with Crippen LogP contribution in [0.2, 0.25) is 0 Å². The number of piperidine rings is 3. The molecule has 3 saturated heterocycles. The number of aromatic nitrogens is 2. The highest BCUT2D eigenvalue weighted by Gasteiger charge is 2.28. The zero-order valence-electron chi connectivity index (χ0n) is 29.8. The van der Waals surface area contributed by atoms with Gasteiger partial charge in [-0.05, 0) is 130 Å². The summed E-state index contributed by atoms with van der Waals surface area (Å²) in [6, 6.07) is 9.77. The second-order valence-corrected chi connectivity index (χ2v) is 14.5. The molecule has 3 aliphatic heterocycles. The molecule has 5 heterocycles. The summed E-state index contributed by atoms with van der Waals surface area (Å²) < 4.78 is 38.2. The van der Waals surface area contributed by atoms with Crippen LogP contribution < -0.4 is 20.9 Å². The first kappa shape index (κ1) is 35.7. The highest BCUT2D eigenvalue weighted by molar-refractivity contribution is 6.01. The summed E-state index contributed by atoms with van der Waals surface area (Å²) in [4.78, 5) is 45.0. The zero-order valence-corrected chi connectivity index (χ0v) is 29.8. The van der Waals surface area contributed by atoms with Gasteiger partial charge in [-0.25, -0.2) is 8.78 Å². The molecule has 0 aliphatic carbocycles. The Hall–Kier alpha value is -4.68. The molecule has 2 aromatic heterocycles. The molecule has 0 radical (unpaired) electrons. The standard InChI is InChI=1S/C40H46F2N6O4/c1-46-23-32(30-7-13-43-22-31(30)40(46)51)27-19-34(41)33(37(20-27)52-2)24-48-15-9-25(10-16-48)8-14-47-17-11-26(12-18-47)29-4-3-28(21-35(29)42)44-36-5-6-38(49)45-39(36)50/h3-4,7,13,19-23,25-26,36,44H,5-6,8-12,14-18,24H2,1-2H3,(H,45,49,50). The van der Waals surface area contributed by atoms with Gasteiger partial charge in [0.05, 0.1) is 12.5 Å². The Kier molecular flexibility index (Phi) is 10.7. The Morgan fingerprint density at radius 3 is 2.42 bits per heavy atom. The van der Waals surface area contributed by atoms with Crippen molar-refractivity contribution in [2.75, 3.05) is 45.2 Å². The van der Waals surface area contributed by atoms with Gasteiger partial charge in [0, 0.05) is 55.4 Å². The quantitative estimate of drug-likeness (QED) is 0.205. The van der Waals surface area contributed by atoms with E-state index in [9.17, 15) is 14.4 Å². The molecule has 2 aromatic carbocycles. The van der Waals surface area contributed by atoms with Crippen LogP contribution in [0.3, 0.4) is 0 Å². The summed E-state index contributed by atoms with van der Waals surface area (Å²) in [5.74, 6) is 0.0394. The monoisotopic (exact) mass is 712 g/mol. The second kappa shape index (κ2) is 15.5. The molecule has 3 fully saturated rings. The van der Waals surface area contributed by atoms with Gasteiger partial charge in [0.2, 0.25) is 11.8 Å². The summed E-state index contributed by atoms with van der Waals surface area (Å²) in [6.45, 7) is 5.14. The lowest BCUT2D eigenvalue weighted by Gasteiger charge is -2.35.